The molecule has 120 valence electrons. The number of fused-ring (bicyclic) bond motifs is 1. The van der Waals surface area contributed by atoms with Crippen molar-refractivity contribution in [1.82, 2.24) is 15.3 Å². The van der Waals surface area contributed by atoms with Gasteiger partial charge >= 0.3 is 0 Å². The Morgan fingerprint density at radius 3 is 2.73 bits per heavy atom. The number of sulfone groups is 1. The number of H-pyrrole nitrogens is 1. The van der Waals surface area contributed by atoms with Crippen molar-refractivity contribution in [3.8, 4) is 0 Å². The molecule has 6 nitrogen and oxygen atoms in total. The molecule has 0 unspecified atom stereocenters. The highest BCUT2D eigenvalue weighted by Gasteiger charge is 2.20. The Balaban J connectivity index is 1.76. The van der Waals surface area contributed by atoms with Crippen LogP contribution >= 0.6 is 0 Å². The van der Waals surface area contributed by atoms with E-state index < -0.39 is 26.7 Å². The van der Waals surface area contributed by atoms with Crippen LogP contribution in [0.25, 0.3) is 11.0 Å². The third-order valence-electron chi connectivity index (χ3n) is 3.40. The number of aromatic nitrogens is 2. The summed E-state index contributed by atoms with van der Waals surface area (Å²) in [5, 5.41) is 2.10. The van der Waals surface area contributed by atoms with E-state index in [0.717, 1.165) is 16.9 Å². The Morgan fingerprint density at radius 1 is 1.32 bits per heavy atom. The first-order chi connectivity index (χ1) is 10.4. The second-order valence-corrected chi connectivity index (χ2v) is 8.07. The van der Waals surface area contributed by atoms with Gasteiger partial charge < -0.3 is 10.3 Å². The molecule has 1 amide bonds. The summed E-state index contributed by atoms with van der Waals surface area (Å²) < 4.78 is 23.2. The van der Waals surface area contributed by atoms with Crippen molar-refractivity contribution in [3.05, 3.63) is 30.1 Å². The van der Waals surface area contributed by atoms with Gasteiger partial charge in [0.25, 0.3) is 0 Å². The third-order valence-corrected chi connectivity index (χ3v) is 5.50. The van der Waals surface area contributed by atoms with Crippen LogP contribution < -0.4 is 5.32 Å². The molecule has 0 radical (unpaired) electrons. The molecule has 0 bridgehead atoms. The number of nitrogens with one attached hydrogen (secondary N) is 2. The zero-order valence-electron chi connectivity index (χ0n) is 12.8. The first kappa shape index (κ1) is 16.5. The summed E-state index contributed by atoms with van der Waals surface area (Å²) in [7, 11) is -3.33. The first-order valence-electron chi connectivity index (χ1n) is 7.30. The lowest BCUT2D eigenvalue weighted by molar-refractivity contribution is -0.118. The molecular formula is C15H21N3O3S. The van der Waals surface area contributed by atoms with Crippen molar-refractivity contribution < 1.29 is 13.2 Å². The van der Waals surface area contributed by atoms with Gasteiger partial charge in [0.15, 0.2) is 9.84 Å². The minimum atomic E-state index is -3.33. The van der Waals surface area contributed by atoms with Crippen LogP contribution in [0.5, 0.6) is 0 Å². The largest absolute Gasteiger partial charge is 0.355 e. The van der Waals surface area contributed by atoms with Gasteiger partial charge in [-0.05, 0) is 32.4 Å². The van der Waals surface area contributed by atoms with E-state index in [1.165, 1.54) is 0 Å². The minimum Gasteiger partial charge on any atom is -0.355 e. The SMILES string of the molecule is CC(C)S(=O)(=O)CC(=O)NCCCc1nc2ccccc2[nH]1. The van der Waals surface area contributed by atoms with Crippen molar-refractivity contribution in [2.45, 2.75) is 31.9 Å². The number of hydrogen-bond acceptors (Lipinski definition) is 4. The second kappa shape index (κ2) is 6.91. The highest BCUT2D eigenvalue weighted by molar-refractivity contribution is 7.92. The summed E-state index contributed by atoms with van der Waals surface area (Å²) >= 11 is 0. The number of rotatable bonds is 7. The summed E-state index contributed by atoms with van der Waals surface area (Å²) in [5.41, 5.74) is 1.91. The lowest BCUT2D eigenvalue weighted by Crippen LogP contribution is -2.33. The van der Waals surface area contributed by atoms with Crippen LogP contribution in [0.1, 0.15) is 26.1 Å². The summed E-state index contributed by atoms with van der Waals surface area (Å²) in [6.07, 6.45) is 1.40. The van der Waals surface area contributed by atoms with E-state index in [1.54, 1.807) is 13.8 Å². The van der Waals surface area contributed by atoms with Crippen molar-refractivity contribution >= 4 is 26.8 Å². The predicted molar refractivity (Wildman–Crippen MR) is 86.3 cm³/mol. The first-order valence-corrected chi connectivity index (χ1v) is 9.02. The van der Waals surface area contributed by atoms with Gasteiger partial charge in [-0.2, -0.15) is 0 Å². The minimum absolute atomic E-state index is 0.434. The molecule has 0 spiro atoms. The van der Waals surface area contributed by atoms with Crippen molar-refractivity contribution in [3.63, 3.8) is 0 Å². The van der Waals surface area contributed by atoms with Gasteiger partial charge in [0.2, 0.25) is 5.91 Å². The lowest BCUT2D eigenvalue weighted by atomic mass is 10.3. The molecule has 2 N–H and O–H groups in total. The average Bonchev–Trinajstić information content (AvgIpc) is 2.85. The molecule has 22 heavy (non-hydrogen) atoms. The van der Waals surface area contributed by atoms with E-state index in [0.29, 0.717) is 19.4 Å². The summed E-state index contributed by atoms with van der Waals surface area (Å²) in [6, 6.07) is 7.78. The molecule has 0 atom stereocenters. The van der Waals surface area contributed by atoms with E-state index in [9.17, 15) is 13.2 Å². The second-order valence-electron chi connectivity index (χ2n) is 5.51. The molecule has 1 aromatic heterocycles. The van der Waals surface area contributed by atoms with Gasteiger partial charge in [-0.1, -0.05) is 12.1 Å². The molecule has 0 aliphatic carbocycles. The van der Waals surface area contributed by atoms with Crippen LogP contribution in [-0.4, -0.2) is 41.8 Å². The molecule has 0 aliphatic heterocycles. The highest BCUT2D eigenvalue weighted by atomic mass is 32.2. The van der Waals surface area contributed by atoms with Gasteiger partial charge in [0.1, 0.15) is 11.6 Å². The lowest BCUT2D eigenvalue weighted by Gasteiger charge is -2.08. The fourth-order valence-electron chi connectivity index (χ4n) is 2.01. The van der Waals surface area contributed by atoms with Crippen molar-refractivity contribution in [1.29, 1.82) is 0 Å². The molecule has 2 aromatic rings. The van der Waals surface area contributed by atoms with Gasteiger partial charge in [0, 0.05) is 13.0 Å². The molecule has 0 aliphatic rings. The fraction of sp³-hybridized carbons (Fsp3) is 0.467. The zero-order valence-corrected chi connectivity index (χ0v) is 13.6. The molecular weight excluding hydrogens is 302 g/mol. The van der Waals surface area contributed by atoms with Crippen LogP contribution in [0.2, 0.25) is 0 Å². The smallest absolute Gasteiger partial charge is 0.235 e. The van der Waals surface area contributed by atoms with Crippen LogP contribution in [0, 0.1) is 0 Å². The summed E-state index contributed by atoms with van der Waals surface area (Å²) in [5.74, 6) is -0.0291. The Bertz CT molecular complexity index is 717. The predicted octanol–water partition coefficient (Wildman–Crippen LogP) is 1.43. The third kappa shape index (κ3) is 4.30. The number of amides is 1. The summed E-state index contributed by atoms with van der Waals surface area (Å²) in [4.78, 5) is 19.3. The van der Waals surface area contributed by atoms with Crippen LogP contribution in [0.3, 0.4) is 0 Å². The topological polar surface area (TPSA) is 91.9 Å². The normalized spacial score (nSPS) is 12.0. The molecule has 1 aromatic carbocycles. The Hall–Kier alpha value is -1.89. The number of para-hydroxylation sites is 2. The number of imidazole rings is 1. The molecule has 0 saturated carbocycles. The Kier molecular flexibility index (Phi) is 5.18. The Labute approximate surface area is 130 Å². The van der Waals surface area contributed by atoms with Crippen LogP contribution in [0.4, 0.5) is 0 Å². The van der Waals surface area contributed by atoms with Gasteiger partial charge in [-0.3, -0.25) is 4.79 Å². The van der Waals surface area contributed by atoms with Gasteiger partial charge in [-0.25, -0.2) is 13.4 Å². The number of aryl methyl sites for hydroxylation is 1. The van der Waals surface area contributed by atoms with Crippen LogP contribution in [0.15, 0.2) is 24.3 Å². The average molecular weight is 323 g/mol. The van der Waals surface area contributed by atoms with Crippen LogP contribution in [-0.2, 0) is 21.1 Å². The van der Waals surface area contributed by atoms with E-state index in [1.807, 2.05) is 24.3 Å². The van der Waals surface area contributed by atoms with E-state index in [-0.39, 0.29) is 0 Å². The number of nitrogens with zero attached hydrogens (tertiary/aromatic N) is 1. The van der Waals surface area contributed by atoms with Crippen molar-refractivity contribution in [2.75, 3.05) is 12.3 Å². The highest BCUT2D eigenvalue weighted by Crippen LogP contribution is 2.11. The monoisotopic (exact) mass is 323 g/mol. The fourth-order valence-corrected chi connectivity index (χ4v) is 2.81. The number of hydrogen-bond donors (Lipinski definition) is 2. The van der Waals surface area contributed by atoms with Gasteiger partial charge in [0.05, 0.1) is 16.3 Å². The van der Waals surface area contributed by atoms with Crippen molar-refractivity contribution in [2.24, 2.45) is 0 Å². The summed E-state index contributed by atoms with van der Waals surface area (Å²) in [6.45, 7) is 3.58. The molecule has 0 saturated heterocycles. The van der Waals surface area contributed by atoms with E-state index in [4.69, 9.17) is 0 Å². The zero-order chi connectivity index (χ0) is 16.2. The number of aromatic amines is 1. The molecule has 7 heteroatoms. The molecule has 1 heterocycles. The van der Waals surface area contributed by atoms with E-state index >= 15 is 0 Å². The number of benzene rings is 1. The quantitative estimate of drug-likeness (QED) is 0.754. The van der Waals surface area contributed by atoms with Gasteiger partial charge in [-0.15, -0.1) is 0 Å². The Morgan fingerprint density at radius 2 is 2.05 bits per heavy atom. The number of carbonyl (C=O) groups excluding carboxylic acids is 1. The maximum Gasteiger partial charge on any atom is 0.235 e. The van der Waals surface area contributed by atoms with E-state index in [2.05, 4.69) is 15.3 Å². The molecule has 2 rings (SSSR count). The standard InChI is InChI=1S/C15H21N3O3S/c1-11(2)22(20,21)10-15(19)16-9-5-8-14-17-12-6-3-4-7-13(12)18-14/h3-4,6-7,11H,5,8-10H2,1-2H3,(H,16,19)(H,17,18). The number of carbonyl (C=O) groups is 1. The maximum atomic E-state index is 11.6. The molecule has 0 fully saturated rings. The maximum absolute atomic E-state index is 11.6.